The fraction of sp³-hybridized carbons (Fsp3) is 0.500. The van der Waals surface area contributed by atoms with Gasteiger partial charge in [-0.2, -0.15) is 0 Å². The molecule has 3 rings (SSSR count). The molecule has 0 amide bonds. The molecular formula is C18H21ClO6. The van der Waals surface area contributed by atoms with Crippen LogP contribution in [0.4, 0.5) is 0 Å². The van der Waals surface area contributed by atoms with Crippen molar-refractivity contribution in [3.8, 4) is 11.5 Å². The van der Waals surface area contributed by atoms with Crippen LogP contribution < -0.4 is 0 Å². The molecule has 0 aliphatic carbocycles. The van der Waals surface area contributed by atoms with E-state index < -0.39 is 23.9 Å². The van der Waals surface area contributed by atoms with Crippen molar-refractivity contribution in [2.24, 2.45) is 0 Å². The van der Waals surface area contributed by atoms with Crippen molar-refractivity contribution in [2.45, 2.75) is 57.0 Å². The summed E-state index contributed by atoms with van der Waals surface area (Å²) in [6, 6.07) is 0.998. The first-order valence-electron chi connectivity index (χ1n) is 8.31. The molecule has 0 aromatic heterocycles. The van der Waals surface area contributed by atoms with Gasteiger partial charge in [0.25, 0.3) is 0 Å². The van der Waals surface area contributed by atoms with Crippen LogP contribution in [0.2, 0.25) is 5.02 Å². The van der Waals surface area contributed by atoms with Crippen molar-refractivity contribution in [2.75, 3.05) is 0 Å². The minimum Gasteiger partial charge on any atom is -0.507 e. The van der Waals surface area contributed by atoms with E-state index in [0.717, 1.165) is 18.9 Å². The highest BCUT2D eigenvalue weighted by Crippen LogP contribution is 2.38. The van der Waals surface area contributed by atoms with Gasteiger partial charge in [0.15, 0.2) is 0 Å². The Kier molecular flexibility index (Phi) is 5.22. The SMILES string of the molecule is C[C@@H]1C[C@@H]2O[C@H]2CC/C=C/[C@@H](O)Cc2c(Cl)c(O)cc(O)c2C(=O)O1. The predicted octanol–water partition coefficient (Wildman–Crippen LogP) is 2.71. The number of ether oxygens (including phenoxy) is 2. The van der Waals surface area contributed by atoms with Gasteiger partial charge in [-0.1, -0.05) is 23.8 Å². The van der Waals surface area contributed by atoms with Crippen molar-refractivity contribution >= 4 is 17.6 Å². The van der Waals surface area contributed by atoms with Crippen LogP contribution >= 0.6 is 11.6 Å². The summed E-state index contributed by atoms with van der Waals surface area (Å²) in [5, 5.41) is 30.1. The van der Waals surface area contributed by atoms with Crippen molar-refractivity contribution in [1.29, 1.82) is 0 Å². The Labute approximate surface area is 150 Å². The highest BCUT2D eigenvalue weighted by molar-refractivity contribution is 6.33. The molecule has 2 aliphatic heterocycles. The number of aromatic hydroxyl groups is 2. The molecule has 1 aromatic rings. The fourth-order valence-electron chi connectivity index (χ4n) is 3.15. The first kappa shape index (κ1) is 18.0. The van der Waals surface area contributed by atoms with E-state index in [-0.39, 0.29) is 40.5 Å². The maximum absolute atomic E-state index is 12.5. The van der Waals surface area contributed by atoms with E-state index in [1.54, 1.807) is 13.0 Å². The normalized spacial score (nSPS) is 31.2. The third kappa shape index (κ3) is 4.08. The van der Waals surface area contributed by atoms with Crippen LogP contribution in [0, 0.1) is 0 Å². The van der Waals surface area contributed by atoms with Crippen molar-refractivity contribution in [3.63, 3.8) is 0 Å². The van der Waals surface area contributed by atoms with E-state index in [1.165, 1.54) is 0 Å². The van der Waals surface area contributed by atoms with E-state index in [4.69, 9.17) is 21.1 Å². The van der Waals surface area contributed by atoms with E-state index >= 15 is 0 Å². The number of aliphatic hydroxyl groups is 1. The number of phenolic OH excluding ortho intramolecular Hbond substituents is 2. The van der Waals surface area contributed by atoms with E-state index in [9.17, 15) is 20.1 Å². The standard InChI is InChI=1S/C18H21ClO6/c1-9-6-15-14(25-15)5-3-2-4-10(20)7-11-16(18(23)24-9)12(21)8-13(22)17(11)19/h2,4,8-10,14-15,20-22H,3,5-7H2,1H3/b4-2+/t9-,10-,14+,15+/m1/s1. The summed E-state index contributed by atoms with van der Waals surface area (Å²) in [6.45, 7) is 1.76. The number of aliphatic hydroxyl groups excluding tert-OH is 1. The molecule has 1 aromatic carbocycles. The Bertz CT molecular complexity index is 701. The maximum atomic E-state index is 12.5. The number of carbonyl (C=O) groups excluding carboxylic acids is 1. The van der Waals surface area contributed by atoms with Gasteiger partial charge >= 0.3 is 5.97 Å². The van der Waals surface area contributed by atoms with Crippen LogP contribution in [0.3, 0.4) is 0 Å². The third-order valence-electron chi connectivity index (χ3n) is 4.47. The molecule has 2 heterocycles. The maximum Gasteiger partial charge on any atom is 0.342 e. The van der Waals surface area contributed by atoms with Gasteiger partial charge in [-0.15, -0.1) is 0 Å². The number of rotatable bonds is 0. The van der Waals surface area contributed by atoms with Gasteiger partial charge in [0.2, 0.25) is 0 Å². The van der Waals surface area contributed by atoms with Crippen LogP contribution in [0.25, 0.3) is 0 Å². The van der Waals surface area contributed by atoms with Crippen LogP contribution in [-0.2, 0) is 15.9 Å². The number of carbonyl (C=O) groups is 1. The summed E-state index contributed by atoms with van der Waals surface area (Å²) in [5.41, 5.74) is 0.0264. The van der Waals surface area contributed by atoms with Gasteiger partial charge in [-0.05, 0) is 25.3 Å². The fourth-order valence-corrected chi connectivity index (χ4v) is 3.38. The molecule has 0 spiro atoms. The number of benzene rings is 1. The Balaban J connectivity index is 1.96. The monoisotopic (exact) mass is 368 g/mol. The van der Waals surface area contributed by atoms with Crippen molar-refractivity contribution in [3.05, 3.63) is 34.4 Å². The molecule has 2 aliphatic rings. The zero-order chi connectivity index (χ0) is 18.1. The first-order chi connectivity index (χ1) is 11.9. The highest BCUT2D eigenvalue weighted by atomic mass is 35.5. The molecule has 25 heavy (non-hydrogen) atoms. The molecule has 1 fully saturated rings. The number of halogens is 1. The molecule has 136 valence electrons. The molecule has 0 unspecified atom stereocenters. The molecule has 0 bridgehead atoms. The predicted molar refractivity (Wildman–Crippen MR) is 91.0 cm³/mol. The lowest BCUT2D eigenvalue weighted by molar-refractivity contribution is 0.0305. The second-order valence-corrected chi connectivity index (χ2v) is 6.90. The Morgan fingerprint density at radius 2 is 2.00 bits per heavy atom. The smallest absolute Gasteiger partial charge is 0.342 e. The summed E-state index contributed by atoms with van der Waals surface area (Å²) in [7, 11) is 0. The van der Waals surface area contributed by atoms with Gasteiger partial charge in [0, 0.05) is 18.9 Å². The van der Waals surface area contributed by atoms with Crippen molar-refractivity contribution in [1.82, 2.24) is 0 Å². The van der Waals surface area contributed by atoms with Crippen LogP contribution in [0.15, 0.2) is 18.2 Å². The molecule has 4 atom stereocenters. The lowest BCUT2D eigenvalue weighted by Gasteiger charge is -2.18. The largest absolute Gasteiger partial charge is 0.507 e. The number of cyclic esters (lactones) is 1. The third-order valence-corrected chi connectivity index (χ3v) is 4.90. The quantitative estimate of drug-likeness (QED) is 0.370. The van der Waals surface area contributed by atoms with Gasteiger partial charge in [-0.25, -0.2) is 4.79 Å². The number of hydrogen-bond donors (Lipinski definition) is 3. The summed E-state index contributed by atoms with van der Waals surface area (Å²) < 4.78 is 11.0. The number of esters is 1. The molecule has 0 saturated carbocycles. The molecule has 3 N–H and O–H groups in total. The molecule has 7 heteroatoms. The average molecular weight is 369 g/mol. The van der Waals surface area contributed by atoms with E-state index in [2.05, 4.69) is 0 Å². The zero-order valence-corrected chi connectivity index (χ0v) is 14.6. The number of allylic oxidation sites excluding steroid dienone is 1. The first-order valence-corrected chi connectivity index (χ1v) is 8.69. The molecule has 0 radical (unpaired) electrons. The minimum absolute atomic E-state index is 0.0291. The topological polar surface area (TPSA) is 99.5 Å². The van der Waals surface area contributed by atoms with Crippen LogP contribution in [0.5, 0.6) is 11.5 Å². The lowest BCUT2D eigenvalue weighted by Crippen LogP contribution is -2.20. The number of epoxide rings is 1. The lowest BCUT2D eigenvalue weighted by atomic mass is 9.98. The summed E-state index contributed by atoms with van der Waals surface area (Å²) in [4.78, 5) is 12.5. The van der Waals surface area contributed by atoms with Crippen LogP contribution in [-0.4, -0.2) is 45.7 Å². The zero-order valence-electron chi connectivity index (χ0n) is 13.8. The van der Waals surface area contributed by atoms with Gasteiger partial charge in [0.05, 0.1) is 23.3 Å². The highest BCUT2D eigenvalue weighted by Gasteiger charge is 2.39. The number of fused-ring (bicyclic) bond motifs is 2. The summed E-state index contributed by atoms with van der Waals surface area (Å²) in [6.07, 6.45) is 4.51. The Hall–Kier alpha value is -1.76. The van der Waals surface area contributed by atoms with Gasteiger partial charge in [0.1, 0.15) is 23.2 Å². The number of hydrogen-bond acceptors (Lipinski definition) is 6. The van der Waals surface area contributed by atoms with Gasteiger partial charge < -0.3 is 24.8 Å². The molecule has 6 nitrogen and oxygen atoms in total. The van der Waals surface area contributed by atoms with Gasteiger partial charge in [-0.3, -0.25) is 0 Å². The molecule has 1 saturated heterocycles. The van der Waals surface area contributed by atoms with E-state index in [0.29, 0.717) is 6.42 Å². The van der Waals surface area contributed by atoms with Crippen molar-refractivity contribution < 1.29 is 29.6 Å². The average Bonchev–Trinajstić information content (AvgIpc) is 3.25. The number of phenols is 2. The summed E-state index contributed by atoms with van der Waals surface area (Å²) in [5.74, 6) is -1.53. The minimum atomic E-state index is -0.915. The summed E-state index contributed by atoms with van der Waals surface area (Å²) >= 11 is 6.11. The van der Waals surface area contributed by atoms with Crippen LogP contribution in [0.1, 0.15) is 42.1 Å². The second kappa shape index (κ2) is 7.23. The Morgan fingerprint density at radius 3 is 2.76 bits per heavy atom. The second-order valence-electron chi connectivity index (χ2n) is 6.52. The Morgan fingerprint density at radius 1 is 1.24 bits per heavy atom. The molecular weight excluding hydrogens is 348 g/mol. The van der Waals surface area contributed by atoms with E-state index in [1.807, 2.05) is 6.08 Å².